The summed E-state index contributed by atoms with van der Waals surface area (Å²) in [7, 11) is 0. The number of benzene rings is 8. The number of furan rings is 2. The third kappa shape index (κ3) is 3.71. The maximum absolute atomic E-state index is 12.5. The maximum atomic E-state index is 12.5. The number of hydrogen-bond acceptors (Lipinski definition) is 4. The van der Waals surface area contributed by atoms with E-state index in [-0.39, 0.29) is 11.5 Å². The Kier molecular flexibility index (Phi) is 5.55. The van der Waals surface area contributed by atoms with E-state index in [0.29, 0.717) is 33.4 Å². The van der Waals surface area contributed by atoms with Gasteiger partial charge >= 0.3 is 0 Å². The summed E-state index contributed by atoms with van der Waals surface area (Å²) in [5.74, 6) is 0.141. The lowest BCUT2D eigenvalue weighted by Gasteiger charge is -2.19. The number of para-hydroxylation sites is 4. The summed E-state index contributed by atoms with van der Waals surface area (Å²) in [5, 5.41) is 32.5. The molecule has 4 heteroatoms. The van der Waals surface area contributed by atoms with Crippen LogP contribution in [-0.4, -0.2) is 10.2 Å². The van der Waals surface area contributed by atoms with Crippen molar-refractivity contribution in [1.82, 2.24) is 0 Å². The molecule has 0 unspecified atom stereocenters. The van der Waals surface area contributed by atoms with E-state index in [1.54, 1.807) is 0 Å². The molecule has 8 aromatic carbocycles. The lowest BCUT2D eigenvalue weighted by molar-refractivity contribution is 0.472. The molecule has 4 nitrogen and oxygen atoms in total. The fourth-order valence-corrected chi connectivity index (χ4v) is 7.51. The molecule has 2 N–H and O–H groups in total. The third-order valence-corrected chi connectivity index (χ3v) is 9.68. The van der Waals surface area contributed by atoms with Gasteiger partial charge in [0.15, 0.2) is 0 Å². The molecule has 0 saturated carbocycles. The molecule has 0 atom stereocenters. The Morgan fingerprint density at radius 3 is 1.17 bits per heavy atom. The first-order chi connectivity index (χ1) is 23.7. The van der Waals surface area contributed by atoms with Gasteiger partial charge in [-0.25, -0.2) is 0 Å². The second-order valence-corrected chi connectivity index (χ2v) is 12.3. The van der Waals surface area contributed by atoms with E-state index in [4.69, 9.17) is 8.83 Å². The number of aromatic hydroxyl groups is 2. The molecular formula is C44H26O4. The Morgan fingerprint density at radius 1 is 0.333 bits per heavy atom. The molecule has 2 heterocycles. The third-order valence-electron chi connectivity index (χ3n) is 9.68. The number of phenolic OH excluding ortho intramolecular Hbond substituents is 2. The average molecular weight is 619 g/mol. The van der Waals surface area contributed by atoms with Crippen LogP contribution in [0.4, 0.5) is 0 Å². The molecule has 0 fully saturated rings. The zero-order chi connectivity index (χ0) is 31.9. The molecule has 0 aliphatic carbocycles. The number of phenols is 2. The van der Waals surface area contributed by atoms with Crippen LogP contribution in [0.25, 0.3) is 98.8 Å². The van der Waals surface area contributed by atoms with Gasteiger partial charge in [-0.3, -0.25) is 0 Å². The number of hydrogen-bond donors (Lipinski definition) is 2. The fraction of sp³-hybridized carbons (Fsp3) is 0. The number of fused-ring (bicyclic) bond motifs is 8. The van der Waals surface area contributed by atoms with Gasteiger partial charge in [-0.2, -0.15) is 0 Å². The smallest absolute Gasteiger partial charge is 0.143 e. The molecule has 10 rings (SSSR count). The van der Waals surface area contributed by atoms with Crippen LogP contribution >= 0.6 is 0 Å². The minimum absolute atomic E-state index is 0.0706. The summed E-state index contributed by atoms with van der Waals surface area (Å²) in [4.78, 5) is 0. The van der Waals surface area contributed by atoms with Gasteiger partial charge in [0.25, 0.3) is 0 Å². The molecular weight excluding hydrogens is 592 g/mol. The van der Waals surface area contributed by atoms with E-state index < -0.39 is 0 Å². The molecule has 2 aromatic heterocycles. The summed E-state index contributed by atoms with van der Waals surface area (Å²) in [6, 6.07) is 48.0. The van der Waals surface area contributed by atoms with Crippen molar-refractivity contribution in [3.05, 3.63) is 146 Å². The molecule has 10 aromatic rings. The van der Waals surface area contributed by atoms with Crippen molar-refractivity contribution in [3.63, 3.8) is 0 Å². The summed E-state index contributed by atoms with van der Waals surface area (Å²) in [6.45, 7) is 0. The van der Waals surface area contributed by atoms with Crippen molar-refractivity contribution in [2.24, 2.45) is 0 Å². The molecule has 0 saturated heterocycles. The lowest BCUT2D eigenvalue weighted by atomic mass is 9.86. The minimum atomic E-state index is 0.0706. The summed E-state index contributed by atoms with van der Waals surface area (Å²) < 4.78 is 12.8. The SMILES string of the molecule is Oc1c(-c2cccc3c2oc2ccccc23)cc2ccccc2c1-c1c(O)c(-c2cccc3c2oc2ccccc23)cc2ccccc12. The van der Waals surface area contributed by atoms with Gasteiger partial charge < -0.3 is 19.0 Å². The predicted molar refractivity (Wildman–Crippen MR) is 196 cm³/mol. The second-order valence-electron chi connectivity index (χ2n) is 12.3. The van der Waals surface area contributed by atoms with Gasteiger partial charge in [-0.05, 0) is 45.8 Å². The van der Waals surface area contributed by atoms with Crippen LogP contribution in [0.2, 0.25) is 0 Å². The topological polar surface area (TPSA) is 66.7 Å². The normalized spacial score (nSPS) is 11.9. The van der Waals surface area contributed by atoms with Crippen LogP contribution in [0.1, 0.15) is 0 Å². The van der Waals surface area contributed by atoms with Crippen LogP contribution in [0.3, 0.4) is 0 Å². The van der Waals surface area contributed by atoms with E-state index in [1.807, 2.05) is 133 Å². The second kappa shape index (κ2) is 9.99. The molecule has 48 heavy (non-hydrogen) atoms. The van der Waals surface area contributed by atoms with Crippen molar-refractivity contribution in [1.29, 1.82) is 0 Å². The maximum Gasteiger partial charge on any atom is 0.143 e. The molecule has 0 amide bonds. The van der Waals surface area contributed by atoms with E-state index in [2.05, 4.69) is 12.1 Å². The minimum Gasteiger partial charge on any atom is -0.507 e. The summed E-state index contributed by atoms with van der Waals surface area (Å²) in [6.07, 6.45) is 0. The van der Waals surface area contributed by atoms with Crippen LogP contribution in [0.15, 0.2) is 154 Å². The van der Waals surface area contributed by atoms with Gasteiger partial charge in [0.05, 0.1) is 0 Å². The highest BCUT2D eigenvalue weighted by atomic mass is 16.3. The molecule has 0 radical (unpaired) electrons. The first kappa shape index (κ1) is 26.7. The monoisotopic (exact) mass is 618 g/mol. The summed E-state index contributed by atoms with van der Waals surface area (Å²) >= 11 is 0. The fourth-order valence-electron chi connectivity index (χ4n) is 7.51. The Labute approximate surface area is 274 Å². The molecule has 0 spiro atoms. The molecule has 0 aliphatic rings. The molecule has 0 aliphatic heterocycles. The average Bonchev–Trinajstić information content (AvgIpc) is 3.71. The van der Waals surface area contributed by atoms with Gasteiger partial charge in [0.2, 0.25) is 0 Å². The Bertz CT molecular complexity index is 2720. The quantitative estimate of drug-likeness (QED) is 0.207. The lowest BCUT2D eigenvalue weighted by Crippen LogP contribution is -1.92. The Balaban J connectivity index is 1.32. The van der Waals surface area contributed by atoms with Crippen molar-refractivity contribution in [2.75, 3.05) is 0 Å². The van der Waals surface area contributed by atoms with Crippen LogP contribution < -0.4 is 0 Å². The van der Waals surface area contributed by atoms with Crippen molar-refractivity contribution >= 4 is 65.4 Å². The van der Waals surface area contributed by atoms with E-state index >= 15 is 0 Å². The van der Waals surface area contributed by atoms with E-state index in [1.165, 1.54) is 0 Å². The highest BCUT2D eigenvalue weighted by Gasteiger charge is 2.25. The van der Waals surface area contributed by atoms with Gasteiger partial charge in [0, 0.05) is 54.9 Å². The molecule has 0 bridgehead atoms. The van der Waals surface area contributed by atoms with E-state index in [0.717, 1.165) is 65.4 Å². The Morgan fingerprint density at radius 2 is 0.708 bits per heavy atom. The highest BCUT2D eigenvalue weighted by Crippen LogP contribution is 2.53. The van der Waals surface area contributed by atoms with Crippen molar-refractivity contribution in [2.45, 2.75) is 0 Å². The van der Waals surface area contributed by atoms with Crippen LogP contribution in [-0.2, 0) is 0 Å². The zero-order valence-electron chi connectivity index (χ0n) is 25.6. The summed E-state index contributed by atoms with van der Waals surface area (Å²) in [5.41, 5.74) is 6.91. The highest BCUT2D eigenvalue weighted by molar-refractivity contribution is 6.17. The first-order valence-corrected chi connectivity index (χ1v) is 16.0. The van der Waals surface area contributed by atoms with Crippen LogP contribution in [0, 0.1) is 0 Å². The van der Waals surface area contributed by atoms with E-state index in [9.17, 15) is 10.2 Å². The largest absolute Gasteiger partial charge is 0.507 e. The zero-order valence-corrected chi connectivity index (χ0v) is 25.6. The predicted octanol–water partition coefficient (Wildman–Crippen LogP) is 12.2. The Hall–Kier alpha value is -6.52. The van der Waals surface area contributed by atoms with Crippen molar-refractivity contribution in [3.8, 4) is 44.9 Å². The van der Waals surface area contributed by atoms with Gasteiger partial charge in [-0.15, -0.1) is 0 Å². The van der Waals surface area contributed by atoms with Gasteiger partial charge in [0.1, 0.15) is 33.8 Å². The van der Waals surface area contributed by atoms with Crippen LogP contribution in [0.5, 0.6) is 11.5 Å². The van der Waals surface area contributed by atoms with Gasteiger partial charge in [-0.1, -0.05) is 121 Å². The molecule has 226 valence electrons. The standard InChI is InChI=1S/C44H26O4/c45-41-35(33-19-9-17-31-29-15-5-7-21-37(29)47-43(31)33)23-25-11-1-3-13-27(25)39(41)40-28-14-4-2-12-26(28)24-36(42(40)46)34-20-10-18-32-30-16-6-8-22-38(30)48-44(32)34/h1-24,45-46H. The first-order valence-electron chi connectivity index (χ1n) is 16.0. The number of rotatable bonds is 3. The van der Waals surface area contributed by atoms with Crippen molar-refractivity contribution < 1.29 is 19.0 Å².